The lowest BCUT2D eigenvalue weighted by Crippen LogP contribution is -2.48. The first-order valence-corrected chi connectivity index (χ1v) is 13.5. The maximum absolute atomic E-state index is 12.8. The van der Waals surface area contributed by atoms with Crippen molar-refractivity contribution >= 4 is 39.2 Å². The fourth-order valence-corrected chi connectivity index (χ4v) is 6.97. The van der Waals surface area contributed by atoms with Crippen LogP contribution in [0, 0.1) is 0 Å². The number of nitrogens with one attached hydrogen (secondary N) is 1. The molecule has 0 spiro atoms. The molecule has 0 atom stereocenters. The molecule has 2 aliphatic heterocycles. The van der Waals surface area contributed by atoms with Gasteiger partial charge in [0.25, 0.3) is 5.56 Å². The largest absolute Gasteiger partial charge is 0.454 e. The predicted molar refractivity (Wildman–Crippen MR) is 132 cm³/mol. The Bertz CT molecular complexity index is 1300. The number of carbonyl (C=O) groups excluding carboxylic acids is 1. The Labute approximate surface area is 205 Å². The van der Waals surface area contributed by atoms with Crippen molar-refractivity contribution in [1.82, 2.24) is 19.8 Å². The standard InChI is InChI=1S/C24H26N4O4S2/c29-20(13-33-24-25-22(30)21-16-3-1-2-4-19(16)34-23(21)26-24)28-9-7-27(8-10-28)12-15-5-6-17-18(11-15)32-14-31-17/h5-6,11H,1-4,7-10,12-14H2,(H,25,26,30). The highest BCUT2D eigenvalue weighted by Gasteiger charge is 2.23. The molecular formula is C24H26N4O4S2. The van der Waals surface area contributed by atoms with Crippen molar-refractivity contribution in [2.75, 3.05) is 38.7 Å². The summed E-state index contributed by atoms with van der Waals surface area (Å²) in [6.45, 7) is 4.15. The fraction of sp³-hybridized carbons (Fsp3) is 0.458. The third-order valence-corrected chi connectivity index (χ3v) is 8.75. The van der Waals surface area contributed by atoms with Gasteiger partial charge in [0.2, 0.25) is 12.7 Å². The third-order valence-electron chi connectivity index (χ3n) is 6.70. The number of amides is 1. The van der Waals surface area contributed by atoms with E-state index >= 15 is 0 Å². The Kier molecular flexibility index (Phi) is 5.96. The third kappa shape index (κ3) is 4.30. The van der Waals surface area contributed by atoms with E-state index in [1.54, 1.807) is 11.3 Å². The van der Waals surface area contributed by atoms with Crippen LogP contribution in [0.4, 0.5) is 0 Å². The molecule has 0 radical (unpaired) electrons. The van der Waals surface area contributed by atoms with E-state index in [1.807, 2.05) is 17.0 Å². The normalized spacial score (nSPS) is 17.8. The Morgan fingerprint density at radius 1 is 1.12 bits per heavy atom. The number of benzene rings is 1. The quantitative estimate of drug-likeness (QED) is 0.427. The molecule has 1 aromatic carbocycles. The number of carbonyl (C=O) groups is 1. The SMILES string of the molecule is O=C(CSc1nc2sc3c(c2c(=O)[nH]1)CCCC3)N1CCN(Cc2ccc3c(c2)OCO3)CC1. The number of H-pyrrole nitrogens is 1. The smallest absolute Gasteiger partial charge is 0.260 e. The molecule has 2 aromatic heterocycles. The zero-order valence-corrected chi connectivity index (χ0v) is 20.4. The van der Waals surface area contributed by atoms with Crippen LogP contribution in [-0.2, 0) is 24.2 Å². The summed E-state index contributed by atoms with van der Waals surface area (Å²) >= 11 is 2.96. The number of nitrogens with zero attached hydrogens (tertiary/aromatic N) is 3. The Hall–Kier alpha value is -2.56. The van der Waals surface area contributed by atoms with Gasteiger partial charge in [0.15, 0.2) is 16.7 Å². The van der Waals surface area contributed by atoms with Crippen LogP contribution in [0.3, 0.4) is 0 Å². The summed E-state index contributed by atoms with van der Waals surface area (Å²) in [7, 11) is 0. The van der Waals surface area contributed by atoms with Crippen LogP contribution in [0.5, 0.6) is 11.5 Å². The van der Waals surface area contributed by atoms with E-state index in [4.69, 9.17) is 9.47 Å². The van der Waals surface area contributed by atoms with E-state index in [2.05, 4.69) is 20.9 Å². The monoisotopic (exact) mass is 498 g/mol. The van der Waals surface area contributed by atoms with Crippen LogP contribution >= 0.6 is 23.1 Å². The minimum absolute atomic E-state index is 0.0727. The number of rotatable bonds is 5. The van der Waals surface area contributed by atoms with E-state index in [1.165, 1.54) is 34.2 Å². The maximum atomic E-state index is 12.8. The second kappa shape index (κ2) is 9.24. The van der Waals surface area contributed by atoms with Crippen LogP contribution in [0.15, 0.2) is 28.2 Å². The van der Waals surface area contributed by atoms with E-state index in [9.17, 15) is 9.59 Å². The minimum Gasteiger partial charge on any atom is -0.454 e. The molecular weight excluding hydrogens is 472 g/mol. The van der Waals surface area contributed by atoms with E-state index in [0.717, 1.165) is 60.6 Å². The Balaban J connectivity index is 1.03. The summed E-state index contributed by atoms with van der Waals surface area (Å²) in [6.07, 6.45) is 4.31. The summed E-state index contributed by atoms with van der Waals surface area (Å²) < 4.78 is 10.8. The van der Waals surface area contributed by atoms with Gasteiger partial charge < -0.3 is 19.4 Å². The average molecular weight is 499 g/mol. The van der Waals surface area contributed by atoms with Crippen LogP contribution in [0.2, 0.25) is 0 Å². The highest BCUT2D eigenvalue weighted by molar-refractivity contribution is 7.99. The lowest BCUT2D eigenvalue weighted by Gasteiger charge is -2.34. The summed E-state index contributed by atoms with van der Waals surface area (Å²) in [5.41, 5.74) is 2.29. The molecule has 1 amide bonds. The summed E-state index contributed by atoms with van der Waals surface area (Å²) in [6, 6.07) is 6.05. The van der Waals surface area contributed by atoms with Gasteiger partial charge in [-0.2, -0.15) is 0 Å². The first-order valence-electron chi connectivity index (χ1n) is 11.7. The van der Waals surface area contributed by atoms with Gasteiger partial charge in [0, 0.05) is 37.6 Å². The van der Waals surface area contributed by atoms with Crippen molar-refractivity contribution in [2.45, 2.75) is 37.4 Å². The zero-order valence-electron chi connectivity index (χ0n) is 18.8. The Morgan fingerprint density at radius 3 is 2.82 bits per heavy atom. The molecule has 0 saturated carbocycles. The average Bonchev–Trinajstić information content (AvgIpc) is 3.47. The number of aryl methyl sites for hydroxylation is 2. The summed E-state index contributed by atoms with van der Waals surface area (Å²) in [4.78, 5) is 39.5. The summed E-state index contributed by atoms with van der Waals surface area (Å²) in [5.74, 6) is 1.96. The number of ether oxygens (including phenoxy) is 2. The number of piperazine rings is 1. The van der Waals surface area contributed by atoms with Crippen molar-refractivity contribution < 1.29 is 14.3 Å². The molecule has 1 N–H and O–H groups in total. The van der Waals surface area contributed by atoms with Gasteiger partial charge in [-0.15, -0.1) is 11.3 Å². The zero-order chi connectivity index (χ0) is 23.1. The van der Waals surface area contributed by atoms with Gasteiger partial charge in [0.1, 0.15) is 4.83 Å². The van der Waals surface area contributed by atoms with E-state index in [-0.39, 0.29) is 24.0 Å². The van der Waals surface area contributed by atoms with Crippen LogP contribution in [-0.4, -0.2) is 64.4 Å². The topological polar surface area (TPSA) is 87.8 Å². The molecule has 1 saturated heterocycles. The minimum atomic E-state index is -0.0727. The number of thiophene rings is 1. The highest BCUT2D eigenvalue weighted by atomic mass is 32.2. The number of aromatic nitrogens is 2. The molecule has 1 aliphatic carbocycles. The number of fused-ring (bicyclic) bond motifs is 4. The molecule has 0 bridgehead atoms. The van der Waals surface area contributed by atoms with Crippen LogP contribution < -0.4 is 15.0 Å². The molecule has 34 heavy (non-hydrogen) atoms. The second-order valence-electron chi connectivity index (χ2n) is 8.90. The molecule has 1 fully saturated rings. The van der Waals surface area contributed by atoms with Gasteiger partial charge in [-0.25, -0.2) is 4.98 Å². The van der Waals surface area contributed by atoms with Gasteiger partial charge in [-0.1, -0.05) is 17.8 Å². The van der Waals surface area contributed by atoms with Gasteiger partial charge in [-0.3, -0.25) is 14.5 Å². The maximum Gasteiger partial charge on any atom is 0.260 e. The van der Waals surface area contributed by atoms with Crippen molar-refractivity contribution in [1.29, 1.82) is 0 Å². The molecule has 3 aliphatic rings. The lowest BCUT2D eigenvalue weighted by atomic mass is 9.97. The molecule has 178 valence electrons. The number of thioether (sulfide) groups is 1. The van der Waals surface area contributed by atoms with Crippen LogP contribution in [0.25, 0.3) is 10.2 Å². The molecule has 6 rings (SSSR count). The second-order valence-corrected chi connectivity index (χ2v) is 10.9. The van der Waals surface area contributed by atoms with Gasteiger partial charge >= 0.3 is 0 Å². The molecule has 10 heteroatoms. The number of hydrogen-bond donors (Lipinski definition) is 1. The van der Waals surface area contributed by atoms with Gasteiger partial charge in [-0.05, 0) is 48.9 Å². The summed E-state index contributed by atoms with van der Waals surface area (Å²) in [5, 5.41) is 1.29. The van der Waals surface area contributed by atoms with Crippen molar-refractivity contribution in [3.8, 4) is 11.5 Å². The van der Waals surface area contributed by atoms with Crippen molar-refractivity contribution in [2.24, 2.45) is 0 Å². The van der Waals surface area contributed by atoms with Crippen molar-refractivity contribution in [3.63, 3.8) is 0 Å². The molecule has 8 nitrogen and oxygen atoms in total. The first-order chi connectivity index (χ1) is 16.6. The lowest BCUT2D eigenvalue weighted by molar-refractivity contribution is -0.130. The molecule has 4 heterocycles. The van der Waals surface area contributed by atoms with Gasteiger partial charge in [0.05, 0.1) is 11.1 Å². The Morgan fingerprint density at radius 2 is 1.94 bits per heavy atom. The number of aromatic amines is 1. The molecule has 3 aromatic rings. The van der Waals surface area contributed by atoms with E-state index in [0.29, 0.717) is 18.2 Å². The fourth-order valence-electron chi connectivity index (χ4n) is 4.89. The predicted octanol–water partition coefficient (Wildman–Crippen LogP) is 3.03. The number of hydrogen-bond acceptors (Lipinski definition) is 8. The molecule has 0 unspecified atom stereocenters. The van der Waals surface area contributed by atoms with E-state index < -0.39 is 0 Å². The highest BCUT2D eigenvalue weighted by Crippen LogP contribution is 2.34. The van der Waals surface area contributed by atoms with Crippen LogP contribution in [0.1, 0.15) is 28.8 Å². The van der Waals surface area contributed by atoms with Crippen molar-refractivity contribution in [3.05, 3.63) is 44.6 Å². The first kappa shape index (κ1) is 21.9.